The van der Waals surface area contributed by atoms with Crippen LogP contribution in [0.4, 0.5) is 20.7 Å². The van der Waals surface area contributed by atoms with Gasteiger partial charge < -0.3 is 20.3 Å². The average Bonchev–Trinajstić information content (AvgIpc) is 2.73. The van der Waals surface area contributed by atoms with Crippen molar-refractivity contribution in [2.75, 3.05) is 36.0 Å². The van der Waals surface area contributed by atoms with Crippen molar-refractivity contribution in [2.45, 2.75) is 6.61 Å². The van der Waals surface area contributed by atoms with E-state index in [0.717, 1.165) is 5.82 Å². The van der Waals surface area contributed by atoms with Gasteiger partial charge in [-0.15, -0.1) is 0 Å². The summed E-state index contributed by atoms with van der Waals surface area (Å²) in [5.74, 6) is -0.320. The first-order valence-corrected chi connectivity index (χ1v) is 8.90. The molecule has 1 saturated heterocycles. The van der Waals surface area contributed by atoms with Crippen LogP contribution in [0, 0.1) is 22.6 Å². The van der Waals surface area contributed by atoms with Gasteiger partial charge in [-0.1, -0.05) is 12.1 Å². The van der Waals surface area contributed by atoms with E-state index in [4.69, 9.17) is 15.9 Å². The average molecular weight is 397 g/mol. The monoisotopic (exact) mass is 397 g/mol. The molecule has 1 amide bonds. The quantitative estimate of drug-likeness (QED) is 0.527. The third-order valence-electron chi connectivity index (χ3n) is 4.48. The second kappa shape index (κ2) is 8.88. The van der Waals surface area contributed by atoms with Crippen molar-refractivity contribution in [2.24, 2.45) is 5.73 Å². The second-order valence-corrected chi connectivity index (χ2v) is 6.32. The van der Waals surface area contributed by atoms with Crippen molar-refractivity contribution in [3.8, 4) is 6.07 Å². The molecule has 10 heteroatoms. The number of aromatic nitrogens is 1. The lowest BCUT2D eigenvalue weighted by molar-refractivity contribution is 0.143. The van der Waals surface area contributed by atoms with Crippen LogP contribution in [0.1, 0.15) is 11.1 Å². The Bertz CT molecular complexity index is 938. The second-order valence-electron chi connectivity index (χ2n) is 6.32. The molecule has 0 spiro atoms. The number of nitrogens with two attached hydrogens (primary N) is 1. The standard InChI is InChI=1S/C19H20FN7O2/c20-16-14(12-29-19(28)25-18(22)23)5-4-13(11-21)17(16)27-9-7-26(8-10-27)15-3-1-2-6-24-15/h1-6H,7-10,12H2,(H4,22,23,25,28). The highest BCUT2D eigenvalue weighted by atomic mass is 19.1. The first-order chi connectivity index (χ1) is 14.0. The van der Waals surface area contributed by atoms with E-state index in [-0.39, 0.29) is 23.4 Å². The smallest absolute Gasteiger partial charge is 0.414 e. The molecule has 9 nitrogen and oxygen atoms in total. The van der Waals surface area contributed by atoms with Crippen LogP contribution in [-0.4, -0.2) is 43.2 Å². The van der Waals surface area contributed by atoms with Crippen molar-refractivity contribution < 1.29 is 13.9 Å². The van der Waals surface area contributed by atoms with Gasteiger partial charge in [0, 0.05) is 37.9 Å². The fourth-order valence-corrected chi connectivity index (χ4v) is 3.11. The number of carbonyl (C=O) groups excluding carboxylic acids is 1. The maximum absolute atomic E-state index is 15.1. The summed E-state index contributed by atoms with van der Waals surface area (Å²) in [5.41, 5.74) is 5.59. The number of halogens is 1. The van der Waals surface area contributed by atoms with Gasteiger partial charge >= 0.3 is 6.09 Å². The molecule has 0 bridgehead atoms. The number of ether oxygens (including phenoxy) is 1. The van der Waals surface area contributed by atoms with Crippen LogP contribution in [0.25, 0.3) is 0 Å². The van der Waals surface area contributed by atoms with E-state index in [2.05, 4.69) is 9.88 Å². The predicted molar refractivity (Wildman–Crippen MR) is 105 cm³/mol. The number of nitrogens with zero attached hydrogens (tertiary/aromatic N) is 4. The summed E-state index contributed by atoms with van der Waals surface area (Å²) in [6.45, 7) is 1.93. The molecule has 0 aliphatic carbocycles. The fourth-order valence-electron chi connectivity index (χ4n) is 3.11. The summed E-state index contributed by atoms with van der Waals surface area (Å²) in [6.07, 6.45) is 0.771. The molecule has 150 valence electrons. The first kappa shape index (κ1) is 19.9. The lowest BCUT2D eigenvalue weighted by Crippen LogP contribution is -2.47. The fraction of sp³-hybridized carbons (Fsp3) is 0.263. The van der Waals surface area contributed by atoms with E-state index in [0.29, 0.717) is 26.2 Å². The van der Waals surface area contributed by atoms with Crippen molar-refractivity contribution in [1.82, 2.24) is 10.3 Å². The molecular formula is C19H20FN7O2. The SMILES string of the molecule is N#Cc1ccc(COC(=O)NC(=N)N)c(F)c1N1CCN(c2ccccn2)CC1. The zero-order chi connectivity index (χ0) is 20.8. The molecule has 2 aromatic rings. The number of pyridine rings is 1. The molecule has 1 aromatic heterocycles. The molecule has 4 N–H and O–H groups in total. The Morgan fingerprint density at radius 1 is 1.28 bits per heavy atom. The lowest BCUT2D eigenvalue weighted by Gasteiger charge is -2.37. The van der Waals surface area contributed by atoms with Gasteiger partial charge in [-0.25, -0.2) is 14.2 Å². The highest BCUT2D eigenvalue weighted by molar-refractivity contribution is 5.90. The number of nitrogens with one attached hydrogen (secondary N) is 2. The van der Waals surface area contributed by atoms with Crippen molar-refractivity contribution in [3.63, 3.8) is 0 Å². The van der Waals surface area contributed by atoms with Gasteiger partial charge in [0.15, 0.2) is 11.8 Å². The third-order valence-corrected chi connectivity index (χ3v) is 4.48. The summed E-state index contributed by atoms with van der Waals surface area (Å²) in [5, 5.41) is 18.4. The Hall–Kier alpha value is -3.87. The lowest BCUT2D eigenvalue weighted by atomic mass is 10.1. The highest BCUT2D eigenvalue weighted by Gasteiger charge is 2.24. The van der Waals surface area contributed by atoms with E-state index in [1.165, 1.54) is 12.1 Å². The van der Waals surface area contributed by atoms with Gasteiger partial charge in [-0.3, -0.25) is 10.7 Å². The van der Waals surface area contributed by atoms with E-state index >= 15 is 4.39 Å². The van der Waals surface area contributed by atoms with E-state index in [9.17, 15) is 10.1 Å². The zero-order valence-corrected chi connectivity index (χ0v) is 15.6. The van der Waals surface area contributed by atoms with Crippen LogP contribution in [0.2, 0.25) is 0 Å². The number of rotatable bonds is 4. The minimum atomic E-state index is -0.952. The molecule has 0 radical (unpaired) electrons. The maximum atomic E-state index is 15.1. The number of nitriles is 1. The molecular weight excluding hydrogens is 377 g/mol. The highest BCUT2D eigenvalue weighted by Crippen LogP contribution is 2.29. The molecule has 0 unspecified atom stereocenters. The number of piperazine rings is 1. The third kappa shape index (κ3) is 4.70. The minimum Gasteiger partial charge on any atom is -0.444 e. The summed E-state index contributed by atoms with van der Waals surface area (Å²) in [4.78, 5) is 19.7. The Balaban J connectivity index is 1.74. The van der Waals surface area contributed by atoms with Crippen LogP contribution in [0.3, 0.4) is 0 Å². The molecule has 1 aliphatic rings. The maximum Gasteiger partial charge on any atom is 0.414 e. The minimum absolute atomic E-state index is 0.129. The molecule has 0 atom stereocenters. The Morgan fingerprint density at radius 2 is 2.00 bits per heavy atom. The van der Waals surface area contributed by atoms with Crippen LogP contribution in [0.5, 0.6) is 0 Å². The largest absolute Gasteiger partial charge is 0.444 e. The number of amides is 1. The number of guanidine groups is 1. The normalized spacial score (nSPS) is 13.5. The number of anilines is 2. The van der Waals surface area contributed by atoms with Gasteiger partial charge in [0.1, 0.15) is 18.5 Å². The van der Waals surface area contributed by atoms with Crippen molar-refractivity contribution >= 4 is 23.6 Å². The van der Waals surface area contributed by atoms with Gasteiger partial charge in [0.05, 0.1) is 11.3 Å². The Kier molecular flexibility index (Phi) is 6.09. The molecule has 1 fully saturated rings. The van der Waals surface area contributed by atoms with Gasteiger partial charge in [0.25, 0.3) is 0 Å². The van der Waals surface area contributed by atoms with Gasteiger partial charge in [-0.2, -0.15) is 5.26 Å². The van der Waals surface area contributed by atoms with Crippen LogP contribution in [0.15, 0.2) is 36.5 Å². The van der Waals surface area contributed by atoms with Crippen LogP contribution < -0.4 is 20.9 Å². The molecule has 1 aromatic carbocycles. The zero-order valence-electron chi connectivity index (χ0n) is 15.6. The molecule has 1 aliphatic heterocycles. The number of hydrogen-bond acceptors (Lipinski definition) is 7. The van der Waals surface area contributed by atoms with E-state index in [1.54, 1.807) is 6.20 Å². The molecule has 3 rings (SSSR count). The molecule has 29 heavy (non-hydrogen) atoms. The van der Waals surface area contributed by atoms with Gasteiger partial charge in [0.2, 0.25) is 0 Å². The number of carbonyl (C=O) groups is 1. The Morgan fingerprint density at radius 3 is 2.62 bits per heavy atom. The summed E-state index contributed by atoms with van der Waals surface area (Å²) in [7, 11) is 0. The number of benzene rings is 1. The van der Waals surface area contributed by atoms with Crippen LogP contribution in [-0.2, 0) is 11.3 Å². The van der Waals surface area contributed by atoms with E-state index < -0.39 is 17.9 Å². The van der Waals surface area contributed by atoms with Gasteiger partial charge in [-0.05, 0) is 18.2 Å². The first-order valence-electron chi connectivity index (χ1n) is 8.90. The summed E-state index contributed by atoms with van der Waals surface area (Å²) >= 11 is 0. The predicted octanol–water partition coefficient (Wildman–Crippen LogP) is 1.54. The van der Waals surface area contributed by atoms with Crippen LogP contribution >= 0.6 is 0 Å². The summed E-state index contributed by atoms with van der Waals surface area (Å²) in [6, 6.07) is 10.6. The number of hydrogen-bond donors (Lipinski definition) is 3. The summed E-state index contributed by atoms with van der Waals surface area (Å²) < 4.78 is 20.0. The molecule has 2 heterocycles. The molecule has 0 saturated carbocycles. The van der Waals surface area contributed by atoms with Crippen molar-refractivity contribution in [3.05, 3.63) is 53.5 Å². The number of alkyl carbamates (subject to hydrolysis) is 1. The Labute approximate surface area is 167 Å². The van der Waals surface area contributed by atoms with Crippen molar-refractivity contribution in [1.29, 1.82) is 10.7 Å². The van der Waals surface area contributed by atoms with E-state index in [1.807, 2.05) is 34.5 Å². The topological polar surface area (TPSA) is 131 Å².